The fourth-order valence-electron chi connectivity index (χ4n) is 1.92. The summed E-state index contributed by atoms with van der Waals surface area (Å²) < 4.78 is 0. The second-order valence-electron chi connectivity index (χ2n) is 4.78. The number of thiazole rings is 1. The molecule has 5 heteroatoms. The maximum absolute atomic E-state index is 10.4. The van der Waals surface area contributed by atoms with E-state index in [4.69, 9.17) is 11.6 Å². The number of hydrogen-bond donors (Lipinski definition) is 1. The van der Waals surface area contributed by atoms with Crippen LogP contribution in [0, 0.1) is 5.41 Å². The van der Waals surface area contributed by atoms with Crippen molar-refractivity contribution in [1.82, 2.24) is 10.3 Å². The van der Waals surface area contributed by atoms with Gasteiger partial charge >= 0.3 is 0 Å². The van der Waals surface area contributed by atoms with Gasteiger partial charge in [-0.05, 0) is 12.2 Å². The van der Waals surface area contributed by atoms with Gasteiger partial charge in [-0.1, -0.05) is 19.9 Å². The van der Waals surface area contributed by atoms with E-state index in [1.807, 2.05) is 12.2 Å². The Balaban J connectivity index is 2.38. The lowest BCUT2D eigenvalue weighted by atomic mass is 9.74. The van der Waals surface area contributed by atoms with Gasteiger partial charge in [0.05, 0.1) is 16.9 Å². The molecule has 0 aliphatic heterocycles. The van der Waals surface area contributed by atoms with Crippen LogP contribution in [0.4, 0.5) is 0 Å². The Morgan fingerprint density at radius 2 is 2.33 bits per heavy atom. The van der Waals surface area contributed by atoms with Crippen LogP contribution in [0.2, 0.25) is 0 Å². The van der Waals surface area contributed by atoms with Crippen LogP contribution in [0.15, 0.2) is 35.6 Å². The summed E-state index contributed by atoms with van der Waals surface area (Å²) in [4.78, 5) is 14.9. The van der Waals surface area contributed by atoms with Gasteiger partial charge in [0.25, 0.3) is 0 Å². The molecular formula is C13H15ClN2OS. The molecule has 1 aromatic heterocycles. The summed E-state index contributed by atoms with van der Waals surface area (Å²) in [6.07, 6.45) is 8.62. The lowest BCUT2D eigenvalue weighted by molar-refractivity contribution is -0.107. The SMILES string of the molecule is CC1(C)C=CC(NCC=O)=CC1(Cl)c1cncs1. The van der Waals surface area contributed by atoms with Gasteiger partial charge in [0.1, 0.15) is 11.2 Å². The number of aldehydes is 1. The van der Waals surface area contributed by atoms with E-state index in [0.717, 1.165) is 16.9 Å². The largest absolute Gasteiger partial charge is 0.378 e. The van der Waals surface area contributed by atoms with Crippen molar-refractivity contribution in [1.29, 1.82) is 0 Å². The highest BCUT2D eigenvalue weighted by molar-refractivity contribution is 7.10. The van der Waals surface area contributed by atoms with Gasteiger partial charge in [0, 0.05) is 17.3 Å². The Kier molecular flexibility index (Phi) is 3.59. The number of halogens is 1. The number of carbonyl (C=O) groups is 1. The summed E-state index contributed by atoms with van der Waals surface area (Å²) in [6, 6.07) is 0. The molecule has 1 heterocycles. The monoisotopic (exact) mass is 282 g/mol. The molecule has 0 bridgehead atoms. The minimum Gasteiger partial charge on any atom is -0.378 e. The van der Waals surface area contributed by atoms with Gasteiger partial charge in [-0.25, -0.2) is 0 Å². The highest BCUT2D eigenvalue weighted by atomic mass is 35.5. The summed E-state index contributed by atoms with van der Waals surface area (Å²) in [5.74, 6) is 0. The van der Waals surface area contributed by atoms with Crippen molar-refractivity contribution in [2.75, 3.05) is 6.54 Å². The minimum absolute atomic E-state index is 0.215. The van der Waals surface area contributed by atoms with E-state index in [9.17, 15) is 4.79 Å². The molecule has 1 unspecified atom stereocenters. The third-order valence-corrected chi connectivity index (χ3v) is 4.97. The lowest BCUT2D eigenvalue weighted by Crippen LogP contribution is -2.37. The van der Waals surface area contributed by atoms with E-state index >= 15 is 0 Å². The average molecular weight is 283 g/mol. The highest BCUT2D eigenvalue weighted by Crippen LogP contribution is 2.51. The fraction of sp³-hybridized carbons (Fsp3) is 0.385. The number of aromatic nitrogens is 1. The van der Waals surface area contributed by atoms with Crippen LogP contribution in [0.1, 0.15) is 18.7 Å². The normalized spacial score (nSPS) is 25.6. The van der Waals surface area contributed by atoms with Gasteiger partial charge in [-0.15, -0.1) is 22.9 Å². The number of rotatable bonds is 4. The van der Waals surface area contributed by atoms with Crippen molar-refractivity contribution < 1.29 is 4.79 Å². The molecule has 2 rings (SSSR count). The van der Waals surface area contributed by atoms with Crippen LogP contribution in [0.3, 0.4) is 0 Å². The summed E-state index contributed by atoms with van der Waals surface area (Å²) >= 11 is 8.36. The Morgan fingerprint density at radius 3 is 2.94 bits per heavy atom. The van der Waals surface area contributed by atoms with Gasteiger partial charge in [0.15, 0.2) is 0 Å². The highest BCUT2D eigenvalue weighted by Gasteiger charge is 2.44. The van der Waals surface area contributed by atoms with Gasteiger partial charge in [-0.2, -0.15) is 0 Å². The molecule has 1 aliphatic rings. The van der Waals surface area contributed by atoms with Crippen molar-refractivity contribution in [3.63, 3.8) is 0 Å². The molecule has 96 valence electrons. The molecule has 18 heavy (non-hydrogen) atoms. The molecule has 0 fully saturated rings. The predicted octanol–water partition coefficient (Wildman–Crippen LogP) is 2.85. The van der Waals surface area contributed by atoms with Crippen molar-refractivity contribution >= 4 is 29.2 Å². The smallest absolute Gasteiger partial charge is 0.139 e. The Labute approximate surface area is 116 Å². The molecule has 0 radical (unpaired) electrons. The first-order chi connectivity index (χ1) is 8.49. The molecule has 1 atom stereocenters. The van der Waals surface area contributed by atoms with Crippen LogP contribution in [-0.2, 0) is 9.67 Å². The minimum atomic E-state index is -0.631. The first kappa shape index (κ1) is 13.3. The topological polar surface area (TPSA) is 42.0 Å². The van der Waals surface area contributed by atoms with Crippen molar-refractivity contribution in [3.8, 4) is 0 Å². The van der Waals surface area contributed by atoms with Crippen molar-refractivity contribution in [3.05, 3.63) is 40.5 Å². The van der Waals surface area contributed by atoms with Crippen LogP contribution in [0.25, 0.3) is 0 Å². The number of nitrogens with one attached hydrogen (secondary N) is 1. The lowest BCUT2D eigenvalue weighted by Gasteiger charge is -2.40. The zero-order valence-corrected chi connectivity index (χ0v) is 11.9. The van der Waals surface area contributed by atoms with E-state index in [1.54, 1.807) is 11.7 Å². The van der Waals surface area contributed by atoms with Crippen molar-refractivity contribution in [2.24, 2.45) is 5.41 Å². The van der Waals surface area contributed by atoms with E-state index in [1.165, 1.54) is 11.3 Å². The molecule has 3 nitrogen and oxygen atoms in total. The third-order valence-electron chi connectivity index (χ3n) is 3.15. The van der Waals surface area contributed by atoms with Crippen molar-refractivity contribution in [2.45, 2.75) is 18.7 Å². The van der Waals surface area contributed by atoms with E-state index < -0.39 is 4.87 Å². The molecule has 1 aliphatic carbocycles. The quantitative estimate of drug-likeness (QED) is 0.682. The standard InChI is InChI=1S/C13H15ClN2OS/c1-12(2)4-3-10(16-5-6-17)7-13(12,14)11-8-15-9-18-11/h3-4,6-9,16H,5H2,1-2H3. The molecular weight excluding hydrogens is 268 g/mol. The number of alkyl halides is 1. The van der Waals surface area contributed by atoms with Crippen LogP contribution in [-0.4, -0.2) is 17.8 Å². The summed E-state index contributed by atoms with van der Waals surface area (Å²) in [6.45, 7) is 4.46. The Morgan fingerprint density at radius 1 is 1.56 bits per heavy atom. The first-order valence-corrected chi connectivity index (χ1v) is 6.93. The summed E-state index contributed by atoms with van der Waals surface area (Å²) in [5, 5.41) is 3.03. The second kappa shape index (κ2) is 4.86. The number of nitrogens with zero attached hydrogens (tertiary/aromatic N) is 1. The zero-order chi connectivity index (χ0) is 13.2. The Bertz CT molecular complexity index is 493. The third kappa shape index (κ3) is 2.22. The molecule has 0 saturated heterocycles. The molecule has 0 aromatic carbocycles. The van der Waals surface area contributed by atoms with Crippen LogP contribution in [0.5, 0.6) is 0 Å². The summed E-state index contributed by atoms with van der Waals surface area (Å²) in [7, 11) is 0. The maximum Gasteiger partial charge on any atom is 0.139 e. The fourth-order valence-corrected chi connectivity index (χ4v) is 3.13. The van der Waals surface area contributed by atoms with E-state index in [-0.39, 0.29) is 12.0 Å². The number of hydrogen-bond acceptors (Lipinski definition) is 4. The molecule has 0 saturated carbocycles. The average Bonchev–Trinajstić information content (AvgIpc) is 2.85. The van der Waals surface area contributed by atoms with Crippen LogP contribution >= 0.6 is 22.9 Å². The maximum atomic E-state index is 10.4. The van der Waals surface area contributed by atoms with E-state index in [0.29, 0.717) is 0 Å². The molecule has 0 spiro atoms. The Hall–Kier alpha value is -1.13. The number of allylic oxidation sites excluding steroid dienone is 3. The molecule has 0 amide bonds. The second-order valence-corrected chi connectivity index (χ2v) is 6.26. The van der Waals surface area contributed by atoms with Crippen LogP contribution < -0.4 is 5.32 Å². The summed E-state index contributed by atoms with van der Waals surface area (Å²) in [5.41, 5.74) is 2.43. The molecule has 1 N–H and O–H groups in total. The number of carbonyl (C=O) groups excluding carboxylic acids is 1. The molecule has 1 aromatic rings. The van der Waals surface area contributed by atoms with Gasteiger partial charge in [0.2, 0.25) is 0 Å². The first-order valence-electron chi connectivity index (χ1n) is 5.67. The predicted molar refractivity (Wildman–Crippen MR) is 74.7 cm³/mol. The van der Waals surface area contributed by atoms with Gasteiger partial charge < -0.3 is 10.1 Å². The zero-order valence-electron chi connectivity index (χ0n) is 10.3. The van der Waals surface area contributed by atoms with E-state index in [2.05, 4.69) is 30.2 Å². The van der Waals surface area contributed by atoms with Gasteiger partial charge in [-0.3, -0.25) is 4.98 Å².